The van der Waals surface area contributed by atoms with Crippen LogP contribution in [0, 0.1) is 13.8 Å². The number of hydrogen-bond acceptors (Lipinski definition) is 3. The summed E-state index contributed by atoms with van der Waals surface area (Å²) in [5.74, 6) is -0.582. The molecule has 0 saturated heterocycles. The summed E-state index contributed by atoms with van der Waals surface area (Å²) in [5.41, 5.74) is 11.1. The predicted octanol–water partition coefficient (Wildman–Crippen LogP) is 3.53. The Morgan fingerprint density at radius 1 is 0.826 bits per heavy atom. The van der Waals surface area contributed by atoms with E-state index in [0.717, 1.165) is 22.4 Å². The number of carbonyl (C=O) groups is 1. The van der Waals surface area contributed by atoms with Crippen molar-refractivity contribution in [2.75, 3.05) is 0 Å². The van der Waals surface area contributed by atoms with Crippen molar-refractivity contribution >= 4 is 5.91 Å². The largest absolute Gasteiger partial charge is 0.364 e. The van der Waals surface area contributed by atoms with Gasteiger partial charge in [-0.15, -0.1) is 0 Å². The zero-order valence-corrected chi connectivity index (χ0v) is 13.1. The van der Waals surface area contributed by atoms with Gasteiger partial charge in [0.1, 0.15) is 5.69 Å². The van der Waals surface area contributed by atoms with Gasteiger partial charge in [0, 0.05) is 11.1 Å². The van der Waals surface area contributed by atoms with Crippen LogP contribution < -0.4 is 5.73 Å². The summed E-state index contributed by atoms with van der Waals surface area (Å²) in [6, 6.07) is 16.0. The highest BCUT2D eigenvalue weighted by atomic mass is 16.1. The number of hydrogen-bond donors (Lipinski definition) is 1. The quantitative estimate of drug-likeness (QED) is 0.804. The van der Waals surface area contributed by atoms with Crippen molar-refractivity contribution in [2.24, 2.45) is 5.73 Å². The smallest absolute Gasteiger partial charge is 0.268 e. The molecule has 0 bridgehead atoms. The molecule has 0 aliphatic rings. The lowest BCUT2D eigenvalue weighted by Crippen LogP contribution is -2.14. The van der Waals surface area contributed by atoms with Gasteiger partial charge in [0.15, 0.2) is 0 Å². The lowest BCUT2D eigenvalue weighted by atomic mass is 10.0. The minimum atomic E-state index is -0.582. The second-order valence-corrected chi connectivity index (χ2v) is 5.55. The number of rotatable bonds is 3. The summed E-state index contributed by atoms with van der Waals surface area (Å²) >= 11 is 0. The highest BCUT2D eigenvalue weighted by Crippen LogP contribution is 2.29. The Kier molecular flexibility index (Phi) is 3.89. The molecule has 1 aromatic heterocycles. The molecule has 2 N–H and O–H groups in total. The van der Waals surface area contributed by atoms with Gasteiger partial charge in [0.2, 0.25) is 0 Å². The zero-order valence-electron chi connectivity index (χ0n) is 13.1. The standard InChI is InChI=1S/C19H17N3O/c1-12-3-7-14(8-4-12)17-18(15-9-5-13(2)6-10-15)22-16(11-21-17)19(20)23/h3-11H,1-2H3,(H2,20,23). The van der Waals surface area contributed by atoms with Gasteiger partial charge >= 0.3 is 0 Å². The van der Waals surface area contributed by atoms with Gasteiger partial charge < -0.3 is 5.73 Å². The lowest BCUT2D eigenvalue weighted by Gasteiger charge is -2.10. The monoisotopic (exact) mass is 303 g/mol. The zero-order chi connectivity index (χ0) is 16.4. The SMILES string of the molecule is Cc1ccc(-c2ncc(C(N)=O)nc2-c2ccc(C)cc2)cc1. The Morgan fingerprint density at radius 2 is 1.30 bits per heavy atom. The summed E-state index contributed by atoms with van der Waals surface area (Å²) in [6.45, 7) is 4.06. The van der Waals surface area contributed by atoms with Crippen LogP contribution in [0.1, 0.15) is 21.6 Å². The highest BCUT2D eigenvalue weighted by Gasteiger charge is 2.14. The van der Waals surface area contributed by atoms with Crippen LogP contribution in [0.15, 0.2) is 54.7 Å². The topological polar surface area (TPSA) is 68.9 Å². The second kappa shape index (κ2) is 6.01. The average molecular weight is 303 g/mol. The van der Waals surface area contributed by atoms with Crippen LogP contribution >= 0.6 is 0 Å². The fraction of sp³-hybridized carbons (Fsp3) is 0.105. The number of aryl methyl sites for hydroxylation is 2. The van der Waals surface area contributed by atoms with Crippen molar-refractivity contribution in [3.05, 3.63) is 71.5 Å². The Bertz CT molecular complexity index is 853. The summed E-state index contributed by atoms with van der Waals surface area (Å²) in [6.07, 6.45) is 1.43. The van der Waals surface area contributed by atoms with Crippen molar-refractivity contribution in [3.63, 3.8) is 0 Å². The number of aromatic nitrogens is 2. The highest BCUT2D eigenvalue weighted by molar-refractivity contribution is 5.92. The number of carbonyl (C=O) groups excluding carboxylic acids is 1. The van der Waals surface area contributed by atoms with Crippen LogP contribution in [0.2, 0.25) is 0 Å². The first-order valence-electron chi connectivity index (χ1n) is 7.35. The van der Waals surface area contributed by atoms with E-state index in [2.05, 4.69) is 9.97 Å². The van der Waals surface area contributed by atoms with Crippen LogP contribution in [-0.2, 0) is 0 Å². The molecule has 0 aliphatic carbocycles. The van der Waals surface area contributed by atoms with Crippen LogP contribution in [0.25, 0.3) is 22.5 Å². The van der Waals surface area contributed by atoms with Gasteiger partial charge in [-0.2, -0.15) is 0 Å². The average Bonchev–Trinajstić information content (AvgIpc) is 2.56. The molecular formula is C19H17N3O. The summed E-state index contributed by atoms with van der Waals surface area (Å²) in [5, 5.41) is 0. The lowest BCUT2D eigenvalue weighted by molar-refractivity contribution is 0.0995. The minimum Gasteiger partial charge on any atom is -0.364 e. The molecule has 0 radical (unpaired) electrons. The minimum absolute atomic E-state index is 0.163. The first-order valence-corrected chi connectivity index (χ1v) is 7.35. The third-order valence-corrected chi connectivity index (χ3v) is 3.67. The maximum absolute atomic E-state index is 11.5. The molecule has 0 spiro atoms. The van der Waals surface area contributed by atoms with Gasteiger partial charge in [-0.1, -0.05) is 59.7 Å². The predicted molar refractivity (Wildman–Crippen MR) is 90.9 cm³/mol. The van der Waals surface area contributed by atoms with Crippen molar-refractivity contribution < 1.29 is 4.79 Å². The molecule has 0 fully saturated rings. The van der Waals surface area contributed by atoms with Gasteiger partial charge in [-0.05, 0) is 13.8 Å². The van der Waals surface area contributed by atoms with E-state index in [1.54, 1.807) is 0 Å². The molecular weight excluding hydrogens is 286 g/mol. The fourth-order valence-electron chi connectivity index (χ4n) is 2.34. The molecule has 23 heavy (non-hydrogen) atoms. The Morgan fingerprint density at radius 3 is 1.78 bits per heavy atom. The van der Waals surface area contributed by atoms with Crippen LogP contribution in [0.3, 0.4) is 0 Å². The molecule has 1 heterocycles. The third-order valence-electron chi connectivity index (χ3n) is 3.67. The summed E-state index contributed by atoms with van der Waals surface area (Å²) in [4.78, 5) is 20.3. The van der Waals surface area contributed by atoms with Crippen LogP contribution in [0.5, 0.6) is 0 Å². The molecule has 0 aliphatic heterocycles. The van der Waals surface area contributed by atoms with Gasteiger partial charge in [-0.25, -0.2) is 4.98 Å². The normalized spacial score (nSPS) is 10.5. The first-order chi connectivity index (χ1) is 11.0. The first kappa shape index (κ1) is 14.9. The number of benzene rings is 2. The van der Waals surface area contributed by atoms with E-state index >= 15 is 0 Å². The second-order valence-electron chi connectivity index (χ2n) is 5.55. The molecule has 0 unspecified atom stereocenters. The maximum Gasteiger partial charge on any atom is 0.268 e. The molecule has 0 atom stereocenters. The van der Waals surface area contributed by atoms with E-state index in [9.17, 15) is 4.79 Å². The van der Waals surface area contributed by atoms with Crippen molar-refractivity contribution in [1.82, 2.24) is 9.97 Å². The number of nitrogens with zero attached hydrogens (tertiary/aromatic N) is 2. The summed E-state index contributed by atoms with van der Waals surface area (Å²) in [7, 11) is 0. The van der Waals surface area contributed by atoms with E-state index in [0.29, 0.717) is 5.69 Å². The Hall–Kier alpha value is -3.01. The Labute approximate surface area is 135 Å². The summed E-state index contributed by atoms with van der Waals surface area (Å²) < 4.78 is 0. The molecule has 2 aromatic carbocycles. The Balaban J connectivity index is 2.20. The van der Waals surface area contributed by atoms with Crippen LogP contribution in [-0.4, -0.2) is 15.9 Å². The molecule has 0 saturated carbocycles. The third kappa shape index (κ3) is 3.11. The maximum atomic E-state index is 11.5. The number of amides is 1. The fourth-order valence-corrected chi connectivity index (χ4v) is 2.34. The molecule has 4 nitrogen and oxygen atoms in total. The van der Waals surface area contributed by atoms with E-state index in [-0.39, 0.29) is 5.69 Å². The van der Waals surface area contributed by atoms with E-state index in [1.165, 1.54) is 11.8 Å². The van der Waals surface area contributed by atoms with Gasteiger partial charge in [0.25, 0.3) is 5.91 Å². The molecule has 3 aromatic rings. The molecule has 1 amide bonds. The van der Waals surface area contributed by atoms with Crippen molar-refractivity contribution in [3.8, 4) is 22.5 Å². The number of primary amides is 1. The molecule has 4 heteroatoms. The van der Waals surface area contributed by atoms with E-state index in [1.807, 2.05) is 62.4 Å². The molecule has 114 valence electrons. The molecule has 3 rings (SSSR count). The van der Waals surface area contributed by atoms with Gasteiger partial charge in [-0.3, -0.25) is 9.78 Å². The van der Waals surface area contributed by atoms with E-state index in [4.69, 9.17) is 5.73 Å². The van der Waals surface area contributed by atoms with Crippen LogP contribution in [0.4, 0.5) is 0 Å². The van der Waals surface area contributed by atoms with Crippen molar-refractivity contribution in [2.45, 2.75) is 13.8 Å². The number of nitrogens with two attached hydrogens (primary N) is 1. The van der Waals surface area contributed by atoms with Gasteiger partial charge in [0.05, 0.1) is 17.6 Å². The van der Waals surface area contributed by atoms with E-state index < -0.39 is 5.91 Å². The van der Waals surface area contributed by atoms with Crippen molar-refractivity contribution in [1.29, 1.82) is 0 Å².